The van der Waals surface area contributed by atoms with Crippen LogP contribution in [0.1, 0.15) is 0 Å². The number of anilines is 2. The Kier molecular flexibility index (Phi) is 2.53. The number of aryl methyl sites for hydroxylation is 1. The molecule has 0 saturated carbocycles. The van der Waals surface area contributed by atoms with Gasteiger partial charge in [-0.25, -0.2) is 9.97 Å². The fourth-order valence-electron chi connectivity index (χ4n) is 1.68. The van der Waals surface area contributed by atoms with Gasteiger partial charge in [-0.3, -0.25) is 4.68 Å². The van der Waals surface area contributed by atoms with Crippen molar-refractivity contribution in [2.45, 2.75) is 0 Å². The molecule has 0 aromatic carbocycles. The van der Waals surface area contributed by atoms with E-state index in [0.29, 0.717) is 5.95 Å². The van der Waals surface area contributed by atoms with Gasteiger partial charge in [-0.2, -0.15) is 5.10 Å². The Bertz CT molecular complexity index is 640. The average Bonchev–Trinajstić information content (AvgIpc) is 3.01. The molecule has 6 nitrogen and oxygen atoms in total. The molecule has 0 spiro atoms. The number of hydrogen-bond donors (Lipinski definition) is 2. The molecule has 0 unspecified atom stereocenters. The minimum Gasteiger partial charge on any atom is -0.367 e. The Morgan fingerprint density at radius 2 is 2.28 bits per heavy atom. The van der Waals surface area contributed by atoms with Gasteiger partial charge in [0.1, 0.15) is 0 Å². The van der Waals surface area contributed by atoms with Crippen LogP contribution in [0.3, 0.4) is 0 Å². The van der Waals surface area contributed by atoms with Crippen molar-refractivity contribution in [2.24, 2.45) is 7.05 Å². The lowest BCUT2D eigenvalue weighted by molar-refractivity contribution is 0.768. The van der Waals surface area contributed by atoms with Crippen LogP contribution in [0.2, 0.25) is 0 Å². The number of nitrogens with one attached hydrogen (secondary N) is 2. The van der Waals surface area contributed by atoms with Crippen LogP contribution in [0.5, 0.6) is 0 Å². The lowest BCUT2D eigenvalue weighted by Gasteiger charge is -2.03. The minimum absolute atomic E-state index is 0.557. The predicted octanol–water partition coefficient (Wildman–Crippen LogP) is 1.95. The van der Waals surface area contributed by atoms with E-state index < -0.39 is 0 Å². The minimum atomic E-state index is 0.557. The second kappa shape index (κ2) is 4.33. The van der Waals surface area contributed by atoms with Crippen molar-refractivity contribution in [2.75, 3.05) is 5.32 Å². The molecule has 3 heterocycles. The molecule has 0 fully saturated rings. The van der Waals surface area contributed by atoms with Crippen molar-refractivity contribution in [3.05, 3.63) is 43.1 Å². The molecule has 0 saturated heterocycles. The van der Waals surface area contributed by atoms with E-state index >= 15 is 0 Å². The Balaban J connectivity index is 1.87. The first kappa shape index (κ1) is 10.5. The van der Waals surface area contributed by atoms with Crippen molar-refractivity contribution in [3.63, 3.8) is 0 Å². The highest BCUT2D eigenvalue weighted by Crippen LogP contribution is 2.18. The topological polar surface area (TPSA) is 71.4 Å². The zero-order valence-corrected chi connectivity index (χ0v) is 9.83. The lowest BCUT2D eigenvalue weighted by atomic mass is 10.2. The van der Waals surface area contributed by atoms with E-state index in [2.05, 4.69) is 25.4 Å². The maximum Gasteiger partial charge on any atom is 0.227 e. The third-order valence-electron chi connectivity index (χ3n) is 2.51. The van der Waals surface area contributed by atoms with E-state index in [9.17, 15) is 0 Å². The number of aromatic nitrogens is 5. The monoisotopic (exact) mass is 240 g/mol. The number of aromatic amines is 1. The van der Waals surface area contributed by atoms with Crippen molar-refractivity contribution >= 4 is 11.6 Å². The summed E-state index contributed by atoms with van der Waals surface area (Å²) in [5, 5.41) is 7.19. The number of nitrogens with zero attached hydrogens (tertiary/aromatic N) is 4. The van der Waals surface area contributed by atoms with Gasteiger partial charge in [0, 0.05) is 37.4 Å². The van der Waals surface area contributed by atoms with Crippen molar-refractivity contribution < 1.29 is 0 Å². The molecule has 18 heavy (non-hydrogen) atoms. The van der Waals surface area contributed by atoms with Gasteiger partial charge in [0.05, 0.1) is 17.6 Å². The standard InChI is InChI=1S/C12H12N6/c1-18-8-10(7-15-18)16-12-14-5-3-11(17-12)9-2-4-13-6-9/h2-8,13H,1H3,(H,14,16,17). The zero-order chi connectivity index (χ0) is 12.4. The van der Waals surface area contributed by atoms with Crippen molar-refractivity contribution in [3.8, 4) is 11.3 Å². The SMILES string of the molecule is Cn1cc(Nc2nccc(-c3cc[nH]c3)n2)cn1. The number of hydrogen-bond acceptors (Lipinski definition) is 4. The van der Waals surface area contributed by atoms with Crippen LogP contribution in [0.4, 0.5) is 11.6 Å². The van der Waals surface area contributed by atoms with E-state index in [0.717, 1.165) is 16.9 Å². The Hall–Kier alpha value is -2.63. The molecule has 90 valence electrons. The van der Waals surface area contributed by atoms with Crippen molar-refractivity contribution in [1.29, 1.82) is 0 Å². The summed E-state index contributed by atoms with van der Waals surface area (Å²) in [7, 11) is 1.86. The smallest absolute Gasteiger partial charge is 0.227 e. The van der Waals surface area contributed by atoms with Crippen LogP contribution in [0.15, 0.2) is 43.1 Å². The summed E-state index contributed by atoms with van der Waals surface area (Å²) < 4.78 is 1.72. The number of H-pyrrole nitrogens is 1. The fourth-order valence-corrected chi connectivity index (χ4v) is 1.68. The molecule has 0 aliphatic carbocycles. The van der Waals surface area contributed by atoms with E-state index in [1.807, 2.05) is 37.8 Å². The molecule has 3 aromatic rings. The summed E-state index contributed by atoms with van der Waals surface area (Å²) in [6.07, 6.45) is 9.09. The highest BCUT2D eigenvalue weighted by Gasteiger charge is 2.03. The van der Waals surface area contributed by atoms with Gasteiger partial charge >= 0.3 is 0 Å². The normalized spacial score (nSPS) is 10.5. The first-order valence-electron chi connectivity index (χ1n) is 5.53. The summed E-state index contributed by atoms with van der Waals surface area (Å²) in [6, 6.07) is 3.84. The van der Waals surface area contributed by atoms with Crippen LogP contribution in [0, 0.1) is 0 Å². The van der Waals surface area contributed by atoms with Crippen LogP contribution < -0.4 is 5.32 Å². The van der Waals surface area contributed by atoms with Gasteiger partial charge in [0.25, 0.3) is 0 Å². The van der Waals surface area contributed by atoms with Crippen LogP contribution in [0.25, 0.3) is 11.3 Å². The summed E-state index contributed by atoms with van der Waals surface area (Å²) in [6.45, 7) is 0. The largest absolute Gasteiger partial charge is 0.367 e. The fraction of sp³-hybridized carbons (Fsp3) is 0.0833. The Morgan fingerprint density at radius 1 is 1.33 bits per heavy atom. The molecule has 3 rings (SSSR count). The molecular weight excluding hydrogens is 228 g/mol. The third-order valence-corrected chi connectivity index (χ3v) is 2.51. The van der Waals surface area contributed by atoms with Gasteiger partial charge < -0.3 is 10.3 Å². The Morgan fingerprint density at radius 3 is 3.00 bits per heavy atom. The van der Waals surface area contributed by atoms with E-state index in [4.69, 9.17) is 0 Å². The predicted molar refractivity (Wildman–Crippen MR) is 68.3 cm³/mol. The van der Waals surface area contributed by atoms with Gasteiger partial charge in [-0.1, -0.05) is 0 Å². The molecule has 0 aliphatic heterocycles. The highest BCUT2D eigenvalue weighted by molar-refractivity contribution is 5.60. The van der Waals surface area contributed by atoms with Crippen LogP contribution >= 0.6 is 0 Å². The molecule has 0 atom stereocenters. The molecule has 0 amide bonds. The van der Waals surface area contributed by atoms with Gasteiger partial charge in [-0.15, -0.1) is 0 Å². The van der Waals surface area contributed by atoms with E-state index in [1.165, 1.54) is 0 Å². The molecule has 6 heteroatoms. The molecule has 0 aliphatic rings. The van der Waals surface area contributed by atoms with Crippen molar-refractivity contribution in [1.82, 2.24) is 24.7 Å². The third kappa shape index (κ3) is 2.08. The molecule has 0 radical (unpaired) electrons. The molecule has 0 bridgehead atoms. The Labute approximate surface area is 104 Å². The van der Waals surface area contributed by atoms with Gasteiger partial charge in [0.15, 0.2) is 0 Å². The first-order valence-corrected chi connectivity index (χ1v) is 5.53. The maximum absolute atomic E-state index is 4.44. The van der Waals surface area contributed by atoms with Crippen LogP contribution in [-0.2, 0) is 7.05 Å². The lowest BCUT2D eigenvalue weighted by Crippen LogP contribution is -1.96. The summed E-state index contributed by atoms with van der Waals surface area (Å²) in [4.78, 5) is 11.6. The average molecular weight is 240 g/mol. The highest BCUT2D eigenvalue weighted by atomic mass is 15.3. The summed E-state index contributed by atoms with van der Waals surface area (Å²) >= 11 is 0. The van der Waals surface area contributed by atoms with Gasteiger partial charge in [0.2, 0.25) is 5.95 Å². The second-order valence-electron chi connectivity index (χ2n) is 3.89. The molecule has 2 N–H and O–H groups in total. The van der Waals surface area contributed by atoms with E-state index in [-0.39, 0.29) is 0 Å². The summed E-state index contributed by atoms with van der Waals surface area (Å²) in [5.41, 5.74) is 2.77. The number of rotatable bonds is 3. The van der Waals surface area contributed by atoms with Gasteiger partial charge in [-0.05, 0) is 12.1 Å². The zero-order valence-electron chi connectivity index (χ0n) is 9.83. The van der Waals surface area contributed by atoms with Crippen LogP contribution in [-0.4, -0.2) is 24.7 Å². The molecule has 3 aromatic heterocycles. The molecular formula is C12H12N6. The van der Waals surface area contributed by atoms with E-state index in [1.54, 1.807) is 17.1 Å². The first-order chi connectivity index (χ1) is 8.81. The second-order valence-corrected chi connectivity index (χ2v) is 3.89. The quantitative estimate of drug-likeness (QED) is 0.734. The summed E-state index contributed by atoms with van der Waals surface area (Å²) in [5.74, 6) is 0.557. The maximum atomic E-state index is 4.44.